The fraction of sp³-hybridized carbons (Fsp3) is 0.524. The summed E-state index contributed by atoms with van der Waals surface area (Å²) in [5.41, 5.74) is 0. The number of fused-ring (bicyclic) bond motifs is 1. The maximum Gasteiger partial charge on any atom is 0.322 e. The quantitative estimate of drug-likeness (QED) is 0.516. The van der Waals surface area contributed by atoms with Gasteiger partial charge in [0.25, 0.3) is 0 Å². The van der Waals surface area contributed by atoms with E-state index in [1.54, 1.807) is 6.08 Å². The number of nitrogens with zero attached hydrogens (tertiary/aromatic N) is 1. The van der Waals surface area contributed by atoms with Gasteiger partial charge < -0.3 is 14.8 Å². The van der Waals surface area contributed by atoms with Crippen molar-refractivity contribution in [2.75, 3.05) is 19.5 Å². The zero-order valence-electron chi connectivity index (χ0n) is 18.1. The van der Waals surface area contributed by atoms with Gasteiger partial charge >= 0.3 is 11.9 Å². The molecule has 2 atom stereocenters. The molecule has 1 aromatic heterocycles. The van der Waals surface area contributed by atoms with Crippen LogP contribution in [0.15, 0.2) is 11.9 Å². The molecule has 8 nitrogen and oxygen atoms in total. The molecule has 0 bridgehead atoms. The van der Waals surface area contributed by atoms with E-state index >= 15 is 0 Å². The summed E-state index contributed by atoms with van der Waals surface area (Å²) < 4.78 is 23.8. The fourth-order valence-electron chi connectivity index (χ4n) is 3.07. The molecule has 1 amide bonds. The van der Waals surface area contributed by atoms with E-state index in [1.807, 2.05) is 13.8 Å². The zero-order chi connectivity index (χ0) is 23.0. The molecule has 1 heterocycles. The highest BCUT2D eigenvalue weighted by Crippen LogP contribution is 2.12. The molecule has 10 heteroatoms. The number of amides is 1. The van der Waals surface area contributed by atoms with Gasteiger partial charge in [-0.25, -0.2) is 9.37 Å². The van der Waals surface area contributed by atoms with Gasteiger partial charge in [0.1, 0.15) is 17.9 Å². The van der Waals surface area contributed by atoms with Gasteiger partial charge in [-0.15, -0.1) is 0 Å². The van der Waals surface area contributed by atoms with Gasteiger partial charge in [0.15, 0.2) is 5.13 Å². The van der Waals surface area contributed by atoms with Crippen molar-refractivity contribution >= 4 is 46.5 Å². The number of esters is 2. The van der Waals surface area contributed by atoms with Crippen LogP contribution in [0.2, 0.25) is 0 Å². The average molecular weight is 454 g/mol. The minimum atomic E-state index is -0.854. The van der Waals surface area contributed by atoms with Crippen LogP contribution in [0.3, 0.4) is 0 Å². The van der Waals surface area contributed by atoms with Crippen molar-refractivity contribution in [1.29, 1.82) is 0 Å². The molecular formula is C21H28FN3O5S. The summed E-state index contributed by atoms with van der Waals surface area (Å²) in [6.45, 7) is 3.90. The van der Waals surface area contributed by atoms with Crippen LogP contribution >= 0.6 is 11.3 Å². The van der Waals surface area contributed by atoms with E-state index in [-0.39, 0.29) is 30.5 Å². The summed E-state index contributed by atoms with van der Waals surface area (Å²) in [5.74, 6) is -1.56. The lowest BCUT2D eigenvalue weighted by molar-refractivity contribution is -0.146. The second kappa shape index (κ2) is 11.7. The third-order valence-corrected chi connectivity index (χ3v) is 5.50. The number of methoxy groups -OCH3 is 2. The first-order chi connectivity index (χ1) is 14.7. The predicted octanol–water partition coefficient (Wildman–Crippen LogP) is 1.40. The van der Waals surface area contributed by atoms with E-state index in [0.717, 1.165) is 0 Å². The number of nitrogens with one attached hydrogen (secondary N) is 2. The Hall–Kier alpha value is -2.59. The molecule has 0 unspecified atom stereocenters. The Morgan fingerprint density at radius 2 is 1.84 bits per heavy atom. The van der Waals surface area contributed by atoms with Gasteiger partial charge in [0.05, 0.1) is 24.1 Å². The van der Waals surface area contributed by atoms with E-state index < -0.39 is 24.0 Å². The van der Waals surface area contributed by atoms with E-state index in [9.17, 15) is 18.8 Å². The van der Waals surface area contributed by atoms with Crippen LogP contribution in [0.5, 0.6) is 0 Å². The fourth-order valence-corrected chi connectivity index (χ4v) is 3.99. The highest BCUT2D eigenvalue weighted by molar-refractivity contribution is 7.13. The number of hydrogen-bond acceptors (Lipinski definition) is 8. The van der Waals surface area contributed by atoms with E-state index in [1.165, 1.54) is 37.7 Å². The third kappa shape index (κ3) is 7.55. The van der Waals surface area contributed by atoms with Crippen molar-refractivity contribution in [2.24, 2.45) is 5.92 Å². The molecule has 31 heavy (non-hydrogen) atoms. The molecule has 1 aliphatic rings. The Morgan fingerprint density at radius 1 is 1.16 bits per heavy atom. The molecule has 0 saturated heterocycles. The Bertz CT molecular complexity index is 957. The molecule has 0 aliphatic heterocycles. The minimum absolute atomic E-state index is 0.00568. The molecule has 0 spiro atoms. The highest BCUT2D eigenvalue weighted by Gasteiger charge is 2.28. The second-order valence-electron chi connectivity index (χ2n) is 7.48. The van der Waals surface area contributed by atoms with Crippen molar-refractivity contribution in [3.05, 3.63) is 21.8 Å². The summed E-state index contributed by atoms with van der Waals surface area (Å²) >= 11 is 1.17. The molecule has 0 fully saturated rings. The summed E-state index contributed by atoms with van der Waals surface area (Å²) in [5, 5.41) is 6.61. The number of rotatable bonds is 10. The van der Waals surface area contributed by atoms with Crippen LogP contribution in [-0.2, 0) is 23.9 Å². The third-order valence-electron chi connectivity index (χ3n) is 4.56. The number of carbonyl (C=O) groups excluding carboxylic acids is 3. The number of anilines is 1. The number of hydrogen-bond donors (Lipinski definition) is 2. The maximum absolute atomic E-state index is 13.6. The number of ether oxygens (including phenoxy) is 2. The zero-order valence-corrected chi connectivity index (χ0v) is 18.9. The van der Waals surface area contributed by atoms with Gasteiger partial charge in [-0.05, 0) is 37.3 Å². The lowest BCUT2D eigenvalue weighted by Crippen LogP contribution is -2.48. The lowest BCUT2D eigenvalue weighted by Gasteiger charge is -2.23. The Labute approximate surface area is 184 Å². The van der Waals surface area contributed by atoms with Crippen molar-refractivity contribution in [3.8, 4) is 0 Å². The molecule has 2 N–H and O–H groups in total. The normalized spacial score (nSPS) is 14.8. The molecule has 0 radical (unpaired) electrons. The summed E-state index contributed by atoms with van der Waals surface area (Å²) in [4.78, 5) is 41.0. The van der Waals surface area contributed by atoms with Crippen LogP contribution in [0.25, 0.3) is 12.2 Å². The van der Waals surface area contributed by atoms with Crippen LogP contribution in [0.4, 0.5) is 9.52 Å². The molecule has 170 valence electrons. The molecular weight excluding hydrogens is 425 g/mol. The van der Waals surface area contributed by atoms with Crippen LogP contribution in [0.1, 0.15) is 39.5 Å². The van der Waals surface area contributed by atoms with Crippen molar-refractivity contribution < 1.29 is 28.2 Å². The van der Waals surface area contributed by atoms with E-state index in [4.69, 9.17) is 9.47 Å². The number of carbonyl (C=O) groups is 3. The molecule has 1 aromatic rings. The SMILES string of the molecule is COC(=O)[C@H](CCC(=O)Nc1nc2c(s1)=CC(F)=CCC=2)N[C@@H](CC(C)C)C(=O)OC. The van der Waals surface area contributed by atoms with Gasteiger partial charge in [-0.1, -0.05) is 31.3 Å². The van der Waals surface area contributed by atoms with Crippen LogP contribution in [0, 0.1) is 5.92 Å². The summed E-state index contributed by atoms with van der Waals surface area (Å²) in [7, 11) is 2.53. The minimum Gasteiger partial charge on any atom is -0.468 e. The van der Waals surface area contributed by atoms with Crippen LogP contribution < -0.4 is 20.5 Å². The van der Waals surface area contributed by atoms with Crippen LogP contribution in [-0.4, -0.2) is 49.1 Å². The largest absolute Gasteiger partial charge is 0.468 e. The van der Waals surface area contributed by atoms with Crippen molar-refractivity contribution in [2.45, 2.75) is 51.6 Å². The first-order valence-electron chi connectivity index (χ1n) is 9.99. The monoisotopic (exact) mass is 453 g/mol. The Morgan fingerprint density at radius 3 is 2.48 bits per heavy atom. The molecule has 2 rings (SSSR count). The summed E-state index contributed by atoms with van der Waals surface area (Å²) in [6, 6.07) is -1.55. The first-order valence-corrected chi connectivity index (χ1v) is 10.8. The van der Waals surface area contributed by atoms with Gasteiger partial charge in [0.2, 0.25) is 5.91 Å². The van der Waals surface area contributed by atoms with Gasteiger partial charge in [-0.2, -0.15) is 0 Å². The average Bonchev–Trinajstić information content (AvgIpc) is 3.00. The topological polar surface area (TPSA) is 107 Å². The highest BCUT2D eigenvalue weighted by atomic mass is 32.1. The number of allylic oxidation sites excluding steroid dienone is 2. The van der Waals surface area contributed by atoms with Crippen molar-refractivity contribution in [3.63, 3.8) is 0 Å². The smallest absolute Gasteiger partial charge is 0.322 e. The molecule has 1 aliphatic carbocycles. The van der Waals surface area contributed by atoms with Crippen molar-refractivity contribution in [1.82, 2.24) is 10.3 Å². The number of aromatic nitrogens is 1. The van der Waals surface area contributed by atoms with E-state index in [2.05, 4.69) is 15.6 Å². The number of halogens is 1. The van der Waals surface area contributed by atoms with Gasteiger partial charge in [0, 0.05) is 6.42 Å². The summed E-state index contributed by atoms with van der Waals surface area (Å²) in [6.07, 6.45) is 5.62. The molecule has 0 aromatic carbocycles. The predicted molar refractivity (Wildman–Crippen MR) is 116 cm³/mol. The first kappa shape index (κ1) is 24.7. The maximum atomic E-state index is 13.6. The Kier molecular flexibility index (Phi) is 9.32. The number of thiazole rings is 1. The van der Waals surface area contributed by atoms with Gasteiger partial charge in [-0.3, -0.25) is 19.7 Å². The molecule has 0 saturated carbocycles. The lowest BCUT2D eigenvalue weighted by atomic mass is 10.0. The Balaban J connectivity index is 2.02. The second-order valence-corrected chi connectivity index (χ2v) is 8.51. The standard InChI is InChI=1S/C21H28FN3O5S/c1-12(2)10-16(20(28)30-4)23-15(19(27)29-3)8-9-18(26)25-21-24-14-7-5-6-13(22)11-17(14)31-21/h6-7,11-12,15-16,23H,5,8-10H2,1-4H3,(H,24,25,26)/t15-,16-/m0/s1. The van der Waals surface area contributed by atoms with E-state index in [0.29, 0.717) is 27.9 Å².